The second kappa shape index (κ2) is 7.61. The van der Waals surface area contributed by atoms with E-state index in [2.05, 4.69) is 5.32 Å². The SMILES string of the molecule is CCCC[C@H](NC(=O)N1CC(CO)OC(C)(C)C1)C(=O)O. The van der Waals surface area contributed by atoms with Crippen molar-refractivity contribution in [3.8, 4) is 0 Å². The van der Waals surface area contributed by atoms with Crippen LogP contribution in [0.5, 0.6) is 0 Å². The number of carbonyl (C=O) groups is 2. The second-order valence-corrected chi connectivity index (χ2v) is 6.05. The number of carbonyl (C=O) groups excluding carboxylic acids is 1. The maximum absolute atomic E-state index is 12.2. The van der Waals surface area contributed by atoms with Gasteiger partial charge in [0.1, 0.15) is 6.04 Å². The van der Waals surface area contributed by atoms with Gasteiger partial charge in [-0.1, -0.05) is 19.8 Å². The first-order chi connectivity index (χ1) is 9.79. The number of nitrogens with zero attached hydrogens (tertiary/aromatic N) is 1. The maximum Gasteiger partial charge on any atom is 0.326 e. The summed E-state index contributed by atoms with van der Waals surface area (Å²) in [5.41, 5.74) is -0.564. The van der Waals surface area contributed by atoms with Crippen LogP contribution in [0.25, 0.3) is 0 Å². The molecule has 7 heteroatoms. The lowest BCUT2D eigenvalue weighted by molar-refractivity contribution is -0.141. The molecule has 1 fully saturated rings. The molecular weight excluding hydrogens is 276 g/mol. The number of morpholine rings is 1. The molecular formula is C14H26N2O5. The third-order valence-corrected chi connectivity index (χ3v) is 3.41. The number of ether oxygens (including phenoxy) is 1. The summed E-state index contributed by atoms with van der Waals surface area (Å²) in [6.45, 7) is 6.07. The largest absolute Gasteiger partial charge is 0.480 e. The molecule has 7 nitrogen and oxygen atoms in total. The Hall–Kier alpha value is -1.34. The van der Waals surface area contributed by atoms with Crippen molar-refractivity contribution in [1.82, 2.24) is 10.2 Å². The van der Waals surface area contributed by atoms with Crippen molar-refractivity contribution in [3.05, 3.63) is 0 Å². The van der Waals surface area contributed by atoms with Gasteiger partial charge in [-0.15, -0.1) is 0 Å². The van der Waals surface area contributed by atoms with Crippen molar-refractivity contribution in [1.29, 1.82) is 0 Å². The molecule has 0 bridgehead atoms. The molecule has 1 unspecified atom stereocenters. The van der Waals surface area contributed by atoms with Crippen LogP contribution in [-0.2, 0) is 9.53 Å². The highest BCUT2D eigenvalue weighted by Crippen LogP contribution is 2.21. The predicted octanol–water partition coefficient (Wildman–Crippen LogP) is 0.811. The molecule has 0 aliphatic carbocycles. The number of carboxylic acids is 1. The molecule has 0 aromatic heterocycles. The van der Waals surface area contributed by atoms with Gasteiger partial charge in [-0.25, -0.2) is 9.59 Å². The van der Waals surface area contributed by atoms with Crippen LogP contribution >= 0.6 is 0 Å². The van der Waals surface area contributed by atoms with Crippen molar-refractivity contribution >= 4 is 12.0 Å². The number of amides is 2. The van der Waals surface area contributed by atoms with Gasteiger partial charge in [-0.3, -0.25) is 0 Å². The first-order valence-electron chi connectivity index (χ1n) is 7.36. The van der Waals surface area contributed by atoms with Crippen LogP contribution in [0.3, 0.4) is 0 Å². The topological polar surface area (TPSA) is 99.1 Å². The number of nitrogens with one attached hydrogen (secondary N) is 1. The minimum atomic E-state index is -1.02. The minimum absolute atomic E-state index is 0.175. The van der Waals surface area contributed by atoms with Crippen LogP contribution in [0, 0.1) is 0 Å². The van der Waals surface area contributed by atoms with E-state index in [4.69, 9.17) is 9.84 Å². The summed E-state index contributed by atoms with van der Waals surface area (Å²) in [6.07, 6.45) is 1.58. The smallest absolute Gasteiger partial charge is 0.326 e. The lowest BCUT2D eigenvalue weighted by Gasteiger charge is -2.42. The molecule has 2 atom stereocenters. The normalized spacial score (nSPS) is 22.7. The average Bonchev–Trinajstić information content (AvgIpc) is 2.40. The molecule has 0 spiro atoms. The number of hydrogen-bond acceptors (Lipinski definition) is 4. The highest BCUT2D eigenvalue weighted by atomic mass is 16.5. The van der Waals surface area contributed by atoms with E-state index in [9.17, 15) is 14.7 Å². The lowest BCUT2D eigenvalue weighted by Crippen LogP contribution is -2.59. The van der Waals surface area contributed by atoms with Gasteiger partial charge < -0.3 is 25.2 Å². The van der Waals surface area contributed by atoms with Gasteiger partial charge in [0.05, 0.1) is 31.4 Å². The van der Waals surface area contributed by atoms with Gasteiger partial charge in [-0.05, 0) is 20.3 Å². The Kier molecular flexibility index (Phi) is 6.42. The Morgan fingerprint density at radius 1 is 1.48 bits per heavy atom. The van der Waals surface area contributed by atoms with Gasteiger partial charge in [0, 0.05) is 0 Å². The monoisotopic (exact) mass is 302 g/mol. The third kappa shape index (κ3) is 5.51. The fourth-order valence-corrected chi connectivity index (χ4v) is 2.45. The van der Waals surface area contributed by atoms with Gasteiger partial charge >= 0.3 is 12.0 Å². The summed E-state index contributed by atoms with van der Waals surface area (Å²) < 4.78 is 5.63. The van der Waals surface area contributed by atoms with Crippen LogP contribution in [0.4, 0.5) is 4.79 Å². The molecule has 3 N–H and O–H groups in total. The Balaban J connectivity index is 2.65. The predicted molar refractivity (Wildman–Crippen MR) is 77.1 cm³/mol. The molecule has 0 aromatic rings. The minimum Gasteiger partial charge on any atom is -0.480 e. The summed E-state index contributed by atoms with van der Waals surface area (Å²) in [7, 11) is 0. The molecule has 1 aliphatic rings. The lowest BCUT2D eigenvalue weighted by atomic mass is 10.1. The fourth-order valence-electron chi connectivity index (χ4n) is 2.45. The van der Waals surface area contributed by atoms with Crippen LogP contribution in [0.1, 0.15) is 40.0 Å². The summed E-state index contributed by atoms with van der Waals surface area (Å²) in [5.74, 6) is -1.02. The molecule has 2 amide bonds. The molecule has 1 aliphatic heterocycles. The standard InChI is InChI=1S/C14H26N2O5/c1-4-5-6-11(12(18)19)15-13(20)16-7-10(8-17)21-14(2,3)9-16/h10-11,17H,4-9H2,1-3H3,(H,15,20)(H,18,19)/t10?,11-/m0/s1. The van der Waals surface area contributed by atoms with Crippen LogP contribution in [0.2, 0.25) is 0 Å². The summed E-state index contributed by atoms with van der Waals surface area (Å²) in [4.78, 5) is 24.9. The molecule has 21 heavy (non-hydrogen) atoms. The van der Waals surface area contributed by atoms with E-state index in [0.717, 1.165) is 12.8 Å². The van der Waals surface area contributed by atoms with E-state index in [1.54, 1.807) is 0 Å². The van der Waals surface area contributed by atoms with Crippen LogP contribution in [-0.4, -0.2) is 64.6 Å². The number of unbranched alkanes of at least 4 members (excludes halogenated alkanes) is 1. The molecule has 0 aromatic carbocycles. The number of urea groups is 1. The average molecular weight is 302 g/mol. The molecule has 1 saturated heterocycles. The number of aliphatic hydroxyl groups is 1. The van der Waals surface area contributed by atoms with Crippen molar-refractivity contribution < 1.29 is 24.5 Å². The quantitative estimate of drug-likeness (QED) is 0.674. The van der Waals surface area contributed by atoms with Crippen molar-refractivity contribution in [2.24, 2.45) is 0 Å². The van der Waals surface area contributed by atoms with Gasteiger partial charge in [0.25, 0.3) is 0 Å². The Morgan fingerprint density at radius 3 is 2.67 bits per heavy atom. The van der Waals surface area contributed by atoms with E-state index >= 15 is 0 Å². The Morgan fingerprint density at radius 2 is 2.14 bits per heavy atom. The third-order valence-electron chi connectivity index (χ3n) is 3.41. The van der Waals surface area contributed by atoms with Crippen LogP contribution < -0.4 is 5.32 Å². The van der Waals surface area contributed by atoms with Crippen molar-refractivity contribution in [2.45, 2.75) is 57.8 Å². The van der Waals surface area contributed by atoms with E-state index in [1.165, 1.54) is 4.90 Å². The van der Waals surface area contributed by atoms with Gasteiger partial charge in [0.15, 0.2) is 0 Å². The summed E-state index contributed by atoms with van der Waals surface area (Å²) in [5, 5.41) is 20.9. The number of rotatable bonds is 6. The molecule has 0 radical (unpaired) electrons. The maximum atomic E-state index is 12.2. The van der Waals surface area contributed by atoms with E-state index in [1.807, 2.05) is 20.8 Å². The van der Waals surface area contributed by atoms with E-state index < -0.39 is 29.7 Å². The Bertz CT molecular complexity index is 372. The number of aliphatic carboxylic acids is 1. The molecule has 0 saturated carbocycles. The fraction of sp³-hybridized carbons (Fsp3) is 0.857. The highest BCUT2D eigenvalue weighted by Gasteiger charge is 2.36. The van der Waals surface area contributed by atoms with E-state index in [0.29, 0.717) is 13.0 Å². The van der Waals surface area contributed by atoms with Gasteiger partial charge in [0.2, 0.25) is 0 Å². The second-order valence-electron chi connectivity index (χ2n) is 6.05. The van der Waals surface area contributed by atoms with E-state index in [-0.39, 0.29) is 13.2 Å². The zero-order valence-electron chi connectivity index (χ0n) is 13.0. The number of aliphatic hydroxyl groups excluding tert-OH is 1. The molecule has 1 rings (SSSR count). The number of hydrogen-bond donors (Lipinski definition) is 3. The summed E-state index contributed by atoms with van der Waals surface area (Å²) in [6, 6.07) is -1.30. The Labute approximate surface area is 125 Å². The number of carboxylic acid groups (broad SMARTS) is 1. The summed E-state index contributed by atoms with van der Waals surface area (Å²) >= 11 is 0. The first-order valence-corrected chi connectivity index (χ1v) is 7.36. The highest BCUT2D eigenvalue weighted by molar-refractivity contribution is 5.82. The zero-order valence-corrected chi connectivity index (χ0v) is 13.0. The molecule has 122 valence electrons. The zero-order chi connectivity index (χ0) is 16.0. The van der Waals surface area contributed by atoms with Gasteiger partial charge in [-0.2, -0.15) is 0 Å². The first kappa shape index (κ1) is 17.7. The van der Waals surface area contributed by atoms with Crippen LogP contribution in [0.15, 0.2) is 0 Å². The van der Waals surface area contributed by atoms with Crippen molar-refractivity contribution in [3.63, 3.8) is 0 Å². The molecule has 1 heterocycles. The van der Waals surface area contributed by atoms with Crippen molar-refractivity contribution in [2.75, 3.05) is 19.7 Å².